The summed E-state index contributed by atoms with van der Waals surface area (Å²) in [5.74, 6) is -1.20. The van der Waals surface area contributed by atoms with Crippen LogP contribution in [0.4, 0.5) is 4.39 Å². The first-order valence-corrected chi connectivity index (χ1v) is 5.80. The van der Waals surface area contributed by atoms with Crippen molar-refractivity contribution in [3.63, 3.8) is 0 Å². The van der Waals surface area contributed by atoms with Crippen molar-refractivity contribution in [2.75, 3.05) is 0 Å². The van der Waals surface area contributed by atoms with Gasteiger partial charge in [-0.05, 0) is 22.9 Å². The Morgan fingerprint density at radius 1 is 1.61 bits per heavy atom. The quantitative estimate of drug-likeness (QED) is 0.577. The number of halogens is 2. The molecule has 18 heavy (non-hydrogen) atoms. The lowest BCUT2D eigenvalue weighted by Crippen LogP contribution is -2.44. The van der Waals surface area contributed by atoms with Gasteiger partial charge in [-0.25, -0.2) is 4.79 Å². The third-order valence-electron chi connectivity index (χ3n) is 2.73. The van der Waals surface area contributed by atoms with Crippen molar-refractivity contribution in [3.8, 4) is 0 Å². The number of H-pyrrole nitrogens is 1. The summed E-state index contributed by atoms with van der Waals surface area (Å²) in [6.07, 6.45) is -2.84. The van der Waals surface area contributed by atoms with Gasteiger partial charge < -0.3 is 14.9 Å². The summed E-state index contributed by atoms with van der Waals surface area (Å²) in [4.78, 5) is 24.2. The molecule has 0 saturated carbocycles. The number of ether oxygens (including phenoxy) is 1. The highest BCUT2D eigenvalue weighted by molar-refractivity contribution is 9.10. The van der Waals surface area contributed by atoms with E-state index in [4.69, 9.17) is 4.74 Å². The SMILES string of the molecule is C[C@H]1O[C@@H](n2cc(F)c(=O)[nH]c2=O)[C@@](O)(Br)[C@@H]1O. The summed E-state index contributed by atoms with van der Waals surface area (Å²) >= 11 is 2.83. The predicted octanol–water partition coefficient (Wildman–Crippen LogP) is -0.963. The second kappa shape index (κ2) is 4.26. The number of hydrogen-bond donors (Lipinski definition) is 3. The van der Waals surface area contributed by atoms with Crippen molar-refractivity contribution in [2.24, 2.45) is 0 Å². The van der Waals surface area contributed by atoms with Gasteiger partial charge in [-0.1, -0.05) is 0 Å². The first-order valence-electron chi connectivity index (χ1n) is 5.01. The van der Waals surface area contributed by atoms with E-state index in [0.29, 0.717) is 10.8 Å². The summed E-state index contributed by atoms with van der Waals surface area (Å²) in [5, 5.41) is 19.7. The molecule has 1 saturated heterocycles. The molecule has 1 fully saturated rings. The van der Waals surface area contributed by atoms with E-state index >= 15 is 0 Å². The third-order valence-corrected chi connectivity index (χ3v) is 3.59. The van der Waals surface area contributed by atoms with Crippen molar-refractivity contribution in [1.82, 2.24) is 9.55 Å². The maximum Gasteiger partial charge on any atom is 0.330 e. The summed E-state index contributed by atoms with van der Waals surface area (Å²) in [6.45, 7) is 1.48. The first kappa shape index (κ1) is 13.4. The molecular formula is C9H10BrFN2O5. The first-order chi connectivity index (χ1) is 8.25. The number of nitrogens with zero attached hydrogens (tertiary/aromatic N) is 1. The van der Waals surface area contributed by atoms with Crippen LogP contribution in [-0.2, 0) is 4.74 Å². The van der Waals surface area contributed by atoms with Crippen molar-refractivity contribution < 1.29 is 19.3 Å². The van der Waals surface area contributed by atoms with Crippen molar-refractivity contribution in [2.45, 2.75) is 29.9 Å². The van der Waals surface area contributed by atoms with Gasteiger partial charge in [-0.2, -0.15) is 4.39 Å². The summed E-state index contributed by atoms with van der Waals surface area (Å²) in [7, 11) is 0. The highest BCUT2D eigenvalue weighted by Crippen LogP contribution is 2.41. The minimum Gasteiger partial charge on any atom is -0.386 e. The fourth-order valence-corrected chi connectivity index (χ4v) is 2.44. The van der Waals surface area contributed by atoms with Crippen LogP contribution in [0, 0.1) is 5.82 Å². The van der Waals surface area contributed by atoms with Crippen LogP contribution in [0.1, 0.15) is 13.2 Å². The lowest BCUT2D eigenvalue weighted by molar-refractivity contribution is -0.0483. The van der Waals surface area contributed by atoms with Crippen LogP contribution in [0.5, 0.6) is 0 Å². The standard InChI is InChI=1S/C9H10BrFN2O5/c1-3-5(14)9(10,17)7(18-3)13-2-4(11)6(15)12-8(13)16/h2-3,5,7,14,17H,1H3,(H,12,15,16)/t3-,5-,7-,9-/m1/s1. The normalized spacial score (nSPS) is 35.9. The molecule has 2 rings (SSSR count). The van der Waals surface area contributed by atoms with E-state index in [9.17, 15) is 24.2 Å². The second-order valence-corrected chi connectivity index (χ2v) is 5.28. The second-order valence-electron chi connectivity index (χ2n) is 4.01. The monoisotopic (exact) mass is 324 g/mol. The molecule has 0 unspecified atom stereocenters. The molecule has 0 radical (unpaired) electrons. The molecule has 4 atom stereocenters. The summed E-state index contributed by atoms with van der Waals surface area (Å²) < 4.78 is 17.0. The third kappa shape index (κ3) is 1.92. The average molecular weight is 325 g/mol. The van der Waals surface area contributed by atoms with E-state index < -0.39 is 40.0 Å². The Hall–Kier alpha value is -1.03. The highest BCUT2D eigenvalue weighted by atomic mass is 79.9. The van der Waals surface area contributed by atoms with E-state index in [-0.39, 0.29) is 0 Å². The Morgan fingerprint density at radius 2 is 2.22 bits per heavy atom. The molecule has 1 aromatic rings. The number of alkyl halides is 1. The highest BCUT2D eigenvalue weighted by Gasteiger charge is 2.53. The van der Waals surface area contributed by atoms with Crippen molar-refractivity contribution in [3.05, 3.63) is 32.9 Å². The van der Waals surface area contributed by atoms with E-state index in [2.05, 4.69) is 15.9 Å². The van der Waals surface area contributed by atoms with Gasteiger partial charge in [0.15, 0.2) is 10.7 Å². The van der Waals surface area contributed by atoms with Crippen LogP contribution in [0.3, 0.4) is 0 Å². The number of aliphatic hydroxyl groups excluding tert-OH is 1. The van der Waals surface area contributed by atoms with Gasteiger partial charge in [0, 0.05) is 0 Å². The zero-order valence-electron chi connectivity index (χ0n) is 9.13. The fourth-order valence-electron chi connectivity index (χ4n) is 1.74. The molecular weight excluding hydrogens is 315 g/mol. The Balaban J connectivity index is 2.54. The maximum absolute atomic E-state index is 13.1. The van der Waals surface area contributed by atoms with Crippen LogP contribution in [-0.4, -0.2) is 36.5 Å². The minimum atomic E-state index is -1.96. The largest absolute Gasteiger partial charge is 0.386 e. The molecule has 3 N–H and O–H groups in total. The number of aromatic amines is 1. The van der Waals surface area contributed by atoms with E-state index in [1.165, 1.54) is 6.92 Å². The van der Waals surface area contributed by atoms with Crippen LogP contribution in [0.2, 0.25) is 0 Å². The topological polar surface area (TPSA) is 105 Å². The fraction of sp³-hybridized carbons (Fsp3) is 0.556. The van der Waals surface area contributed by atoms with Crippen LogP contribution < -0.4 is 11.2 Å². The van der Waals surface area contributed by atoms with Crippen LogP contribution in [0.25, 0.3) is 0 Å². The van der Waals surface area contributed by atoms with Gasteiger partial charge in [-0.3, -0.25) is 14.3 Å². The maximum atomic E-state index is 13.1. The van der Waals surface area contributed by atoms with Crippen molar-refractivity contribution in [1.29, 1.82) is 0 Å². The predicted molar refractivity (Wildman–Crippen MR) is 60.7 cm³/mol. The molecule has 7 nitrogen and oxygen atoms in total. The van der Waals surface area contributed by atoms with E-state index in [1.807, 2.05) is 0 Å². The molecule has 0 aromatic carbocycles. The number of rotatable bonds is 1. The van der Waals surface area contributed by atoms with Gasteiger partial charge in [0.25, 0.3) is 5.56 Å². The molecule has 100 valence electrons. The molecule has 9 heteroatoms. The number of aromatic nitrogens is 2. The zero-order chi connectivity index (χ0) is 13.7. The molecule has 2 heterocycles. The Bertz CT molecular complexity index is 583. The van der Waals surface area contributed by atoms with Gasteiger partial charge >= 0.3 is 5.69 Å². The molecule has 0 aliphatic carbocycles. The molecule has 1 aliphatic rings. The lowest BCUT2D eigenvalue weighted by Gasteiger charge is -2.25. The minimum absolute atomic E-state index is 0.614. The number of hydrogen-bond acceptors (Lipinski definition) is 5. The average Bonchev–Trinajstić information content (AvgIpc) is 2.48. The zero-order valence-corrected chi connectivity index (χ0v) is 10.7. The van der Waals surface area contributed by atoms with Crippen LogP contribution >= 0.6 is 15.9 Å². The van der Waals surface area contributed by atoms with Gasteiger partial charge in [-0.15, -0.1) is 0 Å². The number of nitrogens with one attached hydrogen (secondary N) is 1. The van der Waals surface area contributed by atoms with Gasteiger partial charge in [0.1, 0.15) is 6.10 Å². The molecule has 0 spiro atoms. The van der Waals surface area contributed by atoms with Gasteiger partial charge in [0.2, 0.25) is 5.82 Å². The van der Waals surface area contributed by atoms with Crippen LogP contribution in [0.15, 0.2) is 15.8 Å². The lowest BCUT2D eigenvalue weighted by atomic mass is 10.1. The Labute approximate surface area is 108 Å². The Kier molecular flexibility index (Phi) is 3.18. The summed E-state index contributed by atoms with van der Waals surface area (Å²) in [6, 6.07) is 0. The Morgan fingerprint density at radius 3 is 2.72 bits per heavy atom. The van der Waals surface area contributed by atoms with Crippen molar-refractivity contribution >= 4 is 15.9 Å². The molecule has 1 aliphatic heterocycles. The smallest absolute Gasteiger partial charge is 0.330 e. The molecule has 1 aromatic heterocycles. The summed E-state index contributed by atoms with van der Waals surface area (Å²) in [5.41, 5.74) is -2.12. The molecule has 0 bridgehead atoms. The molecule has 0 amide bonds. The van der Waals surface area contributed by atoms with E-state index in [0.717, 1.165) is 0 Å². The van der Waals surface area contributed by atoms with E-state index in [1.54, 1.807) is 4.98 Å². The number of aliphatic hydroxyl groups is 2. The van der Waals surface area contributed by atoms with Gasteiger partial charge in [0.05, 0.1) is 12.3 Å².